The number of nitrogens with one attached hydrogen (secondary N) is 1. The Morgan fingerprint density at radius 1 is 1.26 bits per heavy atom. The van der Waals surface area contributed by atoms with Crippen LogP contribution in [-0.4, -0.2) is 64.4 Å². The highest BCUT2D eigenvalue weighted by Gasteiger charge is 2.09. The van der Waals surface area contributed by atoms with Crippen LogP contribution >= 0.6 is 0 Å². The second kappa shape index (κ2) is 9.17. The zero-order chi connectivity index (χ0) is 16.5. The molecule has 126 valence electrons. The topological polar surface area (TPSA) is 60.0 Å². The van der Waals surface area contributed by atoms with Gasteiger partial charge >= 0.3 is 0 Å². The van der Waals surface area contributed by atoms with Crippen molar-refractivity contribution in [3.8, 4) is 11.5 Å². The maximum atomic E-state index is 11.8. The average Bonchev–Trinajstić information content (AvgIpc) is 2.60. The lowest BCUT2D eigenvalue weighted by Crippen LogP contribution is -2.41. The molecule has 1 N–H and O–H groups in total. The molecule has 1 amide bonds. The number of methoxy groups -OCH3 is 2. The second-order valence-corrected chi connectivity index (χ2v) is 5.19. The summed E-state index contributed by atoms with van der Waals surface area (Å²) in [6, 6.07) is 5.52. The molecule has 0 spiro atoms. The van der Waals surface area contributed by atoms with Crippen molar-refractivity contribution in [2.24, 2.45) is 0 Å². The van der Waals surface area contributed by atoms with Gasteiger partial charge in [0.05, 0.1) is 27.4 Å². The predicted molar refractivity (Wildman–Crippen MR) is 88.8 cm³/mol. The third kappa shape index (κ3) is 5.58. The molecule has 6 nitrogen and oxygen atoms in total. The summed E-state index contributed by atoms with van der Waals surface area (Å²) in [5.74, 6) is 1.20. The van der Waals surface area contributed by atoms with E-state index in [9.17, 15) is 4.79 Å². The van der Waals surface area contributed by atoms with Gasteiger partial charge in [0.15, 0.2) is 11.5 Å². The van der Waals surface area contributed by atoms with Gasteiger partial charge in [-0.2, -0.15) is 0 Å². The van der Waals surface area contributed by atoms with E-state index < -0.39 is 0 Å². The molecule has 0 atom stereocenters. The number of carbonyl (C=O) groups is 1. The van der Waals surface area contributed by atoms with E-state index in [2.05, 4.69) is 10.2 Å². The molecule has 0 aliphatic carbocycles. The fraction of sp³-hybridized carbons (Fsp3) is 0.471. The molecule has 0 unspecified atom stereocenters. The minimum absolute atomic E-state index is 0.104. The Labute approximate surface area is 137 Å². The Morgan fingerprint density at radius 3 is 2.70 bits per heavy atom. The number of rotatable bonds is 7. The standard InChI is InChI=1S/C17H24N2O4/c1-21-15-5-3-14(13-16(15)22-2)4-6-17(20)18-7-8-19-9-11-23-12-10-19/h3-6,13H,7-12H2,1-2H3,(H,18,20). The van der Waals surface area contributed by atoms with Crippen molar-refractivity contribution in [2.75, 3.05) is 53.6 Å². The fourth-order valence-electron chi connectivity index (χ4n) is 2.35. The van der Waals surface area contributed by atoms with Crippen LogP contribution in [0.1, 0.15) is 5.56 Å². The van der Waals surface area contributed by atoms with E-state index in [1.54, 1.807) is 20.3 Å². The molecule has 1 aliphatic heterocycles. The van der Waals surface area contributed by atoms with E-state index >= 15 is 0 Å². The van der Waals surface area contributed by atoms with Gasteiger partial charge in [-0.15, -0.1) is 0 Å². The zero-order valence-corrected chi connectivity index (χ0v) is 13.7. The van der Waals surface area contributed by atoms with E-state index in [0.717, 1.165) is 38.4 Å². The van der Waals surface area contributed by atoms with Crippen molar-refractivity contribution in [2.45, 2.75) is 0 Å². The molecular formula is C17H24N2O4. The smallest absolute Gasteiger partial charge is 0.244 e. The molecule has 6 heteroatoms. The van der Waals surface area contributed by atoms with E-state index in [-0.39, 0.29) is 5.91 Å². The Morgan fingerprint density at radius 2 is 2.00 bits per heavy atom. The molecule has 1 aromatic rings. The SMILES string of the molecule is COc1ccc(C=CC(=O)NCCN2CCOCC2)cc1OC. The first-order valence-electron chi connectivity index (χ1n) is 7.71. The van der Waals surface area contributed by atoms with Crippen LogP contribution in [0.5, 0.6) is 11.5 Å². The molecule has 23 heavy (non-hydrogen) atoms. The summed E-state index contributed by atoms with van der Waals surface area (Å²) >= 11 is 0. The van der Waals surface area contributed by atoms with E-state index in [4.69, 9.17) is 14.2 Å². The molecule has 0 radical (unpaired) electrons. The Kier molecular flexibility index (Phi) is 6.90. The number of nitrogens with zero attached hydrogens (tertiary/aromatic N) is 1. The van der Waals surface area contributed by atoms with Crippen LogP contribution in [0.25, 0.3) is 6.08 Å². The minimum atomic E-state index is -0.104. The third-order valence-electron chi connectivity index (χ3n) is 3.67. The summed E-state index contributed by atoms with van der Waals surface area (Å²) in [6.07, 6.45) is 3.28. The van der Waals surface area contributed by atoms with Crippen LogP contribution in [0.3, 0.4) is 0 Å². The van der Waals surface area contributed by atoms with Crippen LogP contribution < -0.4 is 14.8 Å². The highest BCUT2D eigenvalue weighted by atomic mass is 16.5. The third-order valence-corrected chi connectivity index (χ3v) is 3.67. The molecule has 0 bridgehead atoms. The molecular weight excluding hydrogens is 296 g/mol. The number of benzene rings is 1. The van der Waals surface area contributed by atoms with Gasteiger partial charge in [0.25, 0.3) is 0 Å². The van der Waals surface area contributed by atoms with E-state index in [1.807, 2.05) is 18.2 Å². The van der Waals surface area contributed by atoms with Crippen LogP contribution in [0, 0.1) is 0 Å². The molecule has 1 fully saturated rings. The first-order chi connectivity index (χ1) is 11.2. The number of amides is 1. The summed E-state index contributed by atoms with van der Waals surface area (Å²) in [6.45, 7) is 4.88. The van der Waals surface area contributed by atoms with Crippen LogP contribution in [0.15, 0.2) is 24.3 Å². The zero-order valence-electron chi connectivity index (χ0n) is 13.7. The Bertz CT molecular complexity index is 539. The summed E-state index contributed by atoms with van der Waals surface area (Å²) in [7, 11) is 3.18. The average molecular weight is 320 g/mol. The van der Waals surface area contributed by atoms with Gasteiger partial charge < -0.3 is 19.5 Å². The molecule has 0 saturated carbocycles. The van der Waals surface area contributed by atoms with Crippen molar-refractivity contribution in [3.63, 3.8) is 0 Å². The monoisotopic (exact) mass is 320 g/mol. The summed E-state index contributed by atoms with van der Waals surface area (Å²) in [5.41, 5.74) is 0.881. The molecule has 2 rings (SSSR count). The van der Waals surface area contributed by atoms with E-state index in [1.165, 1.54) is 6.08 Å². The fourth-order valence-corrected chi connectivity index (χ4v) is 2.35. The number of ether oxygens (including phenoxy) is 3. The first-order valence-corrected chi connectivity index (χ1v) is 7.71. The van der Waals surface area contributed by atoms with Gasteiger partial charge in [0, 0.05) is 32.3 Å². The quantitative estimate of drug-likeness (QED) is 0.764. The van der Waals surface area contributed by atoms with Crippen molar-refractivity contribution in [1.29, 1.82) is 0 Å². The maximum absolute atomic E-state index is 11.8. The molecule has 0 aromatic heterocycles. The van der Waals surface area contributed by atoms with Gasteiger partial charge in [0.1, 0.15) is 0 Å². The highest BCUT2D eigenvalue weighted by Crippen LogP contribution is 2.27. The maximum Gasteiger partial charge on any atom is 0.244 e. The summed E-state index contributed by atoms with van der Waals surface area (Å²) in [4.78, 5) is 14.1. The predicted octanol–water partition coefficient (Wildman–Crippen LogP) is 1.17. The normalized spacial score (nSPS) is 15.6. The lowest BCUT2D eigenvalue weighted by atomic mass is 10.2. The number of hydrogen-bond acceptors (Lipinski definition) is 5. The van der Waals surface area contributed by atoms with Crippen molar-refractivity contribution >= 4 is 12.0 Å². The Balaban J connectivity index is 1.78. The highest BCUT2D eigenvalue weighted by molar-refractivity contribution is 5.91. The minimum Gasteiger partial charge on any atom is -0.493 e. The second-order valence-electron chi connectivity index (χ2n) is 5.19. The largest absolute Gasteiger partial charge is 0.493 e. The van der Waals surface area contributed by atoms with Crippen LogP contribution in [0.4, 0.5) is 0 Å². The molecule has 1 heterocycles. The van der Waals surface area contributed by atoms with Gasteiger partial charge in [0.2, 0.25) is 5.91 Å². The lowest BCUT2D eigenvalue weighted by molar-refractivity contribution is -0.116. The van der Waals surface area contributed by atoms with Gasteiger partial charge in [-0.05, 0) is 23.8 Å². The Hall–Kier alpha value is -2.05. The van der Waals surface area contributed by atoms with Crippen molar-refractivity contribution in [3.05, 3.63) is 29.8 Å². The van der Waals surface area contributed by atoms with Gasteiger partial charge in [-0.3, -0.25) is 9.69 Å². The first kappa shape index (κ1) is 17.3. The van der Waals surface area contributed by atoms with Gasteiger partial charge in [-0.25, -0.2) is 0 Å². The van der Waals surface area contributed by atoms with Crippen LogP contribution in [0.2, 0.25) is 0 Å². The molecule has 1 aliphatic rings. The molecule has 1 saturated heterocycles. The molecule has 1 aromatic carbocycles. The lowest BCUT2D eigenvalue weighted by Gasteiger charge is -2.26. The van der Waals surface area contributed by atoms with E-state index in [0.29, 0.717) is 18.0 Å². The summed E-state index contributed by atoms with van der Waals surface area (Å²) in [5, 5.41) is 2.89. The number of morpholine rings is 1. The number of carbonyl (C=O) groups excluding carboxylic acids is 1. The number of hydrogen-bond donors (Lipinski definition) is 1. The summed E-state index contributed by atoms with van der Waals surface area (Å²) < 4.78 is 15.7. The van der Waals surface area contributed by atoms with Crippen molar-refractivity contribution < 1.29 is 19.0 Å². The van der Waals surface area contributed by atoms with Crippen molar-refractivity contribution in [1.82, 2.24) is 10.2 Å². The van der Waals surface area contributed by atoms with Gasteiger partial charge in [-0.1, -0.05) is 6.07 Å². The van der Waals surface area contributed by atoms with Crippen LogP contribution in [-0.2, 0) is 9.53 Å².